The maximum atomic E-state index is 11.5. The van der Waals surface area contributed by atoms with E-state index in [1.54, 1.807) is 7.05 Å². The van der Waals surface area contributed by atoms with Crippen LogP contribution in [0.3, 0.4) is 0 Å². The third kappa shape index (κ3) is 4.83. The van der Waals surface area contributed by atoms with E-state index in [9.17, 15) is 4.79 Å². The van der Waals surface area contributed by atoms with Crippen LogP contribution in [0.25, 0.3) is 0 Å². The van der Waals surface area contributed by atoms with E-state index in [-0.39, 0.29) is 5.91 Å². The monoisotopic (exact) mass is 289 g/mol. The SMILES string of the molecule is CCCN1CCC(NCc2ccc(C(=O)NC)cc2)CC1. The molecule has 0 aromatic heterocycles. The van der Waals surface area contributed by atoms with Crippen LogP contribution in [0.4, 0.5) is 0 Å². The number of carbonyl (C=O) groups is 1. The topological polar surface area (TPSA) is 44.4 Å². The summed E-state index contributed by atoms with van der Waals surface area (Å²) < 4.78 is 0. The number of nitrogens with zero attached hydrogens (tertiary/aromatic N) is 1. The van der Waals surface area contributed by atoms with Gasteiger partial charge in [-0.1, -0.05) is 19.1 Å². The number of piperidine rings is 1. The maximum Gasteiger partial charge on any atom is 0.251 e. The molecule has 0 radical (unpaired) electrons. The summed E-state index contributed by atoms with van der Waals surface area (Å²) in [6.07, 6.45) is 3.71. The molecule has 116 valence electrons. The van der Waals surface area contributed by atoms with Crippen LogP contribution in [0.5, 0.6) is 0 Å². The Bertz CT molecular complexity index is 436. The van der Waals surface area contributed by atoms with Crippen molar-refractivity contribution in [1.29, 1.82) is 0 Å². The Balaban J connectivity index is 1.75. The summed E-state index contributed by atoms with van der Waals surface area (Å²) >= 11 is 0. The van der Waals surface area contributed by atoms with Crippen LogP contribution in [0.1, 0.15) is 42.1 Å². The zero-order chi connectivity index (χ0) is 15.1. The van der Waals surface area contributed by atoms with Crippen LogP contribution in [0.15, 0.2) is 24.3 Å². The summed E-state index contributed by atoms with van der Waals surface area (Å²) in [7, 11) is 1.66. The Morgan fingerprint density at radius 1 is 1.24 bits per heavy atom. The van der Waals surface area contributed by atoms with E-state index in [0.717, 1.165) is 6.54 Å². The van der Waals surface area contributed by atoms with Gasteiger partial charge >= 0.3 is 0 Å². The number of rotatable bonds is 6. The second-order valence-corrected chi connectivity index (χ2v) is 5.77. The van der Waals surface area contributed by atoms with E-state index in [1.165, 1.54) is 44.5 Å². The highest BCUT2D eigenvalue weighted by Gasteiger charge is 2.17. The third-order valence-corrected chi connectivity index (χ3v) is 4.17. The molecule has 4 heteroatoms. The lowest BCUT2D eigenvalue weighted by atomic mass is 10.0. The molecule has 2 rings (SSSR count). The molecule has 1 aromatic carbocycles. The lowest BCUT2D eigenvalue weighted by Gasteiger charge is -2.32. The molecular weight excluding hydrogens is 262 g/mol. The highest BCUT2D eigenvalue weighted by Crippen LogP contribution is 2.12. The van der Waals surface area contributed by atoms with Crippen LogP contribution >= 0.6 is 0 Å². The van der Waals surface area contributed by atoms with E-state index in [1.807, 2.05) is 24.3 Å². The van der Waals surface area contributed by atoms with Crippen LogP contribution in [-0.2, 0) is 6.54 Å². The summed E-state index contributed by atoms with van der Waals surface area (Å²) in [6, 6.07) is 8.46. The van der Waals surface area contributed by atoms with Crippen LogP contribution in [-0.4, -0.2) is 43.5 Å². The van der Waals surface area contributed by atoms with E-state index < -0.39 is 0 Å². The largest absolute Gasteiger partial charge is 0.355 e. The van der Waals surface area contributed by atoms with Gasteiger partial charge < -0.3 is 15.5 Å². The first-order valence-electron chi connectivity index (χ1n) is 7.99. The number of amides is 1. The molecule has 1 aliphatic rings. The average Bonchev–Trinajstić information content (AvgIpc) is 2.54. The zero-order valence-electron chi connectivity index (χ0n) is 13.2. The first-order chi connectivity index (χ1) is 10.2. The van der Waals surface area contributed by atoms with Gasteiger partial charge in [0.15, 0.2) is 0 Å². The number of carbonyl (C=O) groups excluding carboxylic acids is 1. The molecule has 1 saturated heterocycles. The van der Waals surface area contributed by atoms with Gasteiger partial charge in [-0.25, -0.2) is 0 Å². The lowest BCUT2D eigenvalue weighted by molar-refractivity contribution is 0.0963. The van der Waals surface area contributed by atoms with Crippen molar-refractivity contribution >= 4 is 5.91 Å². The fourth-order valence-corrected chi connectivity index (χ4v) is 2.86. The predicted octanol–water partition coefficient (Wildman–Crippen LogP) is 2.01. The number of hydrogen-bond acceptors (Lipinski definition) is 3. The average molecular weight is 289 g/mol. The van der Waals surface area contributed by atoms with Gasteiger partial charge in [-0.2, -0.15) is 0 Å². The predicted molar refractivity (Wildman–Crippen MR) is 86.4 cm³/mol. The van der Waals surface area contributed by atoms with Gasteiger partial charge in [-0.3, -0.25) is 4.79 Å². The van der Waals surface area contributed by atoms with Gasteiger partial charge in [0.1, 0.15) is 0 Å². The lowest BCUT2D eigenvalue weighted by Crippen LogP contribution is -2.42. The Hall–Kier alpha value is -1.39. The van der Waals surface area contributed by atoms with Gasteiger partial charge in [0.2, 0.25) is 0 Å². The quantitative estimate of drug-likeness (QED) is 0.842. The van der Waals surface area contributed by atoms with E-state index >= 15 is 0 Å². The molecule has 0 aliphatic carbocycles. The summed E-state index contributed by atoms with van der Waals surface area (Å²) in [6.45, 7) is 6.77. The molecule has 0 atom stereocenters. The molecule has 2 N–H and O–H groups in total. The van der Waals surface area contributed by atoms with Crippen molar-refractivity contribution in [3.63, 3.8) is 0 Å². The molecule has 4 nitrogen and oxygen atoms in total. The fourth-order valence-electron chi connectivity index (χ4n) is 2.86. The normalized spacial score (nSPS) is 16.9. The van der Waals surface area contributed by atoms with E-state index in [0.29, 0.717) is 11.6 Å². The molecular formula is C17H27N3O. The number of hydrogen-bond donors (Lipinski definition) is 2. The highest BCUT2D eigenvalue weighted by molar-refractivity contribution is 5.93. The van der Waals surface area contributed by atoms with Crippen LogP contribution in [0, 0.1) is 0 Å². The molecule has 0 spiro atoms. The summed E-state index contributed by atoms with van der Waals surface area (Å²) in [5.74, 6) is -0.0298. The minimum absolute atomic E-state index is 0.0298. The highest BCUT2D eigenvalue weighted by atomic mass is 16.1. The number of benzene rings is 1. The molecule has 0 unspecified atom stereocenters. The minimum Gasteiger partial charge on any atom is -0.355 e. The zero-order valence-corrected chi connectivity index (χ0v) is 13.2. The molecule has 0 saturated carbocycles. The van der Waals surface area contributed by atoms with Crippen molar-refractivity contribution in [2.75, 3.05) is 26.7 Å². The van der Waals surface area contributed by atoms with Crippen molar-refractivity contribution in [3.05, 3.63) is 35.4 Å². The van der Waals surface area contributed by atoms with Gasteiger partial charge in [-0.15, -0.1) is 0 Å². The Labute approximate surface area is 127 Å². The second-order valence-electron chi connectivity index (χ2n) is 5.77. The molecule has 0 bridgehead atoms. The smallest absolute Gasteiger partial charge is 0.251 e. The summed E-state index contributed by atoms with van der Waals surface area (Å²) in [5, 5.41) is 6.28. The van der Waals surface area contributed by atoms with Crippen molar-refractivity contribution < 1.29 is 4.79 Å². The van der Waals surface area contributed by atoms with Gasteiger partial charge in [0, 0.05) is 25.2 Å². The molecule has 1 aromatic rings. The van der Waals surface area contributed by atoms with E-state index in [2.05, 4.69) is 22.5 Å². The fraction of sp³-hybridized carbons (Fsp3) is 0.588. The number of nitrogens with one attached hydrogen (secondary N) is 2. The molecule has 1 aliphatic heterocycles. The van der Waals surface area contributed by atoms with Crippen molar-refractivity contribution in [3.8, 4) is 0 Å². The first-order valence-corrected chi connectivity index (χ1v) is 7.99. The van der Waals surface area contributed by atoms with Crippen molar-refractivity contribution in [2.24, 2.45) is 0 Å². The molecule has 21 heavy (non-hydrogen) atoms. The van der Waals surface area contributed by atoms with Crippen molar-refractivity contribution in [2.45, 2.75) is 38.8 Å². The molecule has 1 amide bonds. The van der Waals surface area contributed by atoms with Crippen LogP contribution < -0.4 is 10.6 Å². The van der Waals surface area contributed by atoms with E-state index in [4.69, 9.17) is 0 Å². The van der Waals surface area contributed by atoms with Crippen LogP contribution in [0.2, 0.25) is 0 Å². The Kier molecular flexibility index (Phi) is 6.21. The van der Waals surface area contributed by atoms with Crippen molar-refractivity contribution in [1.82, 2.24) is 15.5 Å². The summed E-state index contributed by atoms with van der Waals surface area (Å²) in [5.41, 5.74) is 1.95. The third-order valence-electron chi connectivity index (χ3n) is 4.17. The molecule has 1 fully saturated rings. The van der Waals surface area contributed by atoms with Gasteiger partial charge in [0.05, 0.1) is 0 Å². The second kappa shape index (κ2) is 8.15. The number of likely N-dealkylation sites (tertiary alicyclic amines) is 1. The Morgan fingerprint density at radius 2 is 1.90 bits per heavy atom. The maximum absolute atomic E-state index is 11.5. The standard InChI is InChI=1S/C17H27N3O/c1-3-10-20-11-8-16(9-12-20)19-13-14-4-6-15(7-5-14)17(21)18-2/h4-7,16,19H,3,8-13H2,1-2H3,(H,18,21). The summed E-state index contributed by atoms with van der Waals surface area (Å²) in [4.78, 5) is 14.0. The Morgan fingerprint density at radius 3 is 2.48 bits per heavy atom. The van der Waals surface area contributed by atoms with Gasteiger partial charge in [0.25, 0.3) is 5.91 Å². The molecule has 1 heterocycles. The minimum atomic E-state index is -0.0298. The van der Waals surface area contributed by atoms with Gasteiger partial charge in [-0.05, 0) is 56.6 Å². The first kappa shape index (κ1) is 16.0.